The average molecular weight is 431 g/mol. The summed E-state index contributed by atoms with van der Waals surface area (Å²) in [5.41, 5.74) is 6.62. The maximum absolute atomic E-state index is 12.8. The SMILES string of the molecule is COc1ccc(C(=O)Nc2ccccc2C(=O)NN=Cc2cc(C)ccc2C)cc1OC. The first kappa shape index (κ1) is 22.6. The minimum absolute atomic E-state index is 0.291. The third-order valence-corrected chi connectivity index (χ3v) is 4.87. The molecule has 0 spiro atoms. The van der Waals surface area contributed by atoms with Gasteiger partial charge in [0, 0.05) is 5.56 Å². The Morgan fingerprint density at radius 2 is 1.62 bits per heavy atom. The molecule has 164 valence electrons. The molecular weight excluding hydrogens is 406 g/mol. The fourth-order valence-electron chi connectivity index (χ4n) is 3.08. The molecule has 2 N–H and O–H groups in total. The van der Waals surface area contributed by atoms with Gasteiger partial charge in [0.15, 0.2) is 11.5 Å². The van der Waals surface area contributed by atoms with Crippen molar-refractivity contribution in [2.24, 2.45) is 5.10 Å². The van der Waals surface area contributed by atoms with Gasteiger partial charge in [-0.25, -0.2) is 5.43 Å². The fourth-order valence-corrected chi connectivity index (χ4v) is 3.08. The van der Waals surface area contributed by atoms with Crippen LogP contribution in [0.5, 0.6) is 11.5 Å². The van der Waals surface area contributed by atoms with Crippen molar-refractivity contribution in [3.05, 3.63) is 88.5 Å². The molecule has 0 aliphatic heterocycles. The number of hydrazone groups is 1. The summed E-state index contributed by atoms with van der Waals surface area (Å²) in [5, 5.41) is 6.85. The van der Waals surface area contributed by atoms with Crippen molar-refractivity contribution in [3.8, 4) is 11.5 Å². The van der Waals surface area contributed by atoms with Gasteiger partial charge in [-0.15, -0.1) is 0 Å². The fraction of sp³-hybridized carbons (Fsp3) is 0.160. The van der Waals surface area contributed by atoms with Gasteiger partial charge in [-0.2, -0.15) is 5.10 Å². The summed E-state index contributed by atoms with van der Waals surface area (Å²) in [6.45, 7) is 3.97. The molecule has 0 aliphatic carbocycles. The van der Waals surface area contributed by atoms with E-state index in [1.54, 1.807) is 48.7 Å². The molecule has 0 saturated heterocycles. The van der Waals surface area contributed by atoms with Crippen molar-refractivity contribution in [2.45, 2.75) is 13.8 Å². The van der Waals surface area contributed by atoms with Crippen molar-refractivity contribution in [2.75, 3.05) is 19.5 Å². The summed E-state index contributed by atoms with van der Waals surface area (Å²) in [4.78, 5) is 25.5. The number of amides is 2. The maximum atomic E-state index is 12.8. The highest BCUT2D eigenvalue weighted by Crippen LogP contribution is 2.28. The Kier molecular flexibility index (Phi) is 7.23. The number of nitrogens with zero attached hydrogens (tertiary/aromatic N) is 1. The molecule has 7 nitrogen and oxygen atoms in total. The van der Waals surface area contributed by atoms with Crippen LogP contribution in [0.2, 0.25) is 0 Å². The Morgan fingerprint density at radius 1 is 0.875 bits per heavy atom. The van der Waals surface area contributed by atoms with Gasteiger partial charge in [-0.3, -0.25) is 9.59 Å². The van der Waals surface area contributed by atoms with E-state index in [4.69, 9.17) is 9.47 Å². The molecule has 0 heterocycles. The number of hydrogen-bond acceptors (Lipinski definition) is 5. The Hall–Kier alpha value is -4.13. The topological polar surface area (TPSA) is 89.0 Å². The van der Waals surface area contributed by atoms with Crippen LogP contribution >= 0.6 is 0 Å². The highest BCUT2D eigenvalue weighted by molar-refractivity contribution is 6.09. The van der Waals surface area contributed by atoms with Gasteiger partial charge in [0.1, 0.15) is 0 Å². The quantitative estimate of drug-likeness (QED) is 0.430. The lowest BCUT2D eigenvalue weighted by atomic mass is 10.1. The van der Waals surface area contributed by atoms with E-state index in [1.165, 1.54) is 14.2 Å². The summed E-state index contributed by atoms with van der Waals surface area (Å²) < 4.78 is 10.5. The lowest BCUT2D eigenvalue weighted by molar-refractivity contribution is 0.0956. The number of anilines is 1. The van der Waals surface area contributed by atoms with Crippen LogP contribution in [0, 0.1) is 13.8 Å². The molecule has 7 heteroatoms. The number of hydrogen-bond donors (Lipinski definition) is 2. The summed E-state index contributed by atoms with van der Waals surface area (Å²) in [6, 6.07) is 17.6. The molecule has 3 rings (SSSR count). The Morgan fingerprint density at radius 3 is 2.38 bits per heavy atom. The van der Waals surface area contributed by atoms with Crippen LogP contribution in [0.3, 0.4) is 0 Å². The lowest BCUT2D eigenvalue weighted by Crippen LogP contribution is -2.21. The molecular formula is C25H25N3O4. The number of rotatable bonds is 7. The first-order chi connectivity index (χ1) is 15.4. The molecule has 0 fully saturated rings. The van der Waals surface area contributed by atoms with E-state index in [9.17, 15) is 9.59 Å². The van der Waals surface area contributed by atoms with Gasteiger partial charge in [0.05, 0.1) is 31.7 Å². The normalized spacial score (nSPS) is 10.6. The first-order valence-electron chi connectivity index (χ1n) is 9.96. The number of aryl methyl sites for hydroxylation is 2. The lowest BCUT2D eigenvalue weighted by Gasteiger charge is -2.12. The maximum Gasteiger partial charge on any atom is 0.273 e. The Balaban J connectivity index is 1.75. The third kappa shape index (κ3) is 5.31. The molecule has 0 aromatic heterocycles. The molecule has 32 heavy (non-hydrogen) atoms. The van der Waals surface area contributed by atoms with E-state index < -0.39 is 5.91 Å². The van der Waals surface area contributed by atoms with Crippen LogP contribution in [0.25, 0.3) is 0 Å². The zero-order chi connectivity index (χ0) is 23.1. The smallest absolute Gasteiger partial charge is 0.273 e. The summed E-state index contributed by atoms with van der Waals surface area (Å²) >= 11 is 0. The summed E-state index contributed by atoms with van der Waals surface area (Å²) in [5.74, 6) is 0.136. The van der Waals surface area contributed by atoms with Crippen LogP contribution < -0.4 is 20.2 Å². The van der Waals surface area contributed by atoms with E-state index in [0.29, 0.717) is 28.3 Å². The molecule has 0 bridgehead atoms. The van der Waals surface area contributed by atoms with E-state index in [-0.39, 0.29) is 5.91 Å². The van der Waals surface area contributed by atoms with Crippen LogP contribution in [0.4, 0.5) is 5.69 Å². The number of ether oxygens (including phenoxy) is 2. The molecule has 3 aromatic carbocycles. The number of para-hydroxylation sites is 1. The second-order valence-corrected chi connectivity index (χ2v) is 7.13. The number of nitrogens with one attached hydrogen (secondary N) is 2. The largest absolute Gasteiger partial charge is 0.493 e. The van der Waals surface area contributed by atoms with Gasteiger partial charge in [-0.05, 0) is 55.3 Å². The predicted molar refractivity (Wildman–Crippen MR) is 125 cm³/mol. The van der Waals surface area contributed by atoms with Crippen LogP contribution in [-0.2, 0) is 0 Å². The highest BCUT2D eigenvalue weighted by Gasteiger charge is 2.15. The first-order valence-corrected chi connectivity index (χ1v) is 9.96. The Bertz CT molecular complexity index is 1170. The zero-order valence-corrected chi connectivity index (χ0v) is 18.4. The third-order valence-electron chi connectivity index (χ3n) is 4.87. The molecule has 0 atom stereocenters. The number of methoxy groups -OCH3 is 2. The summed E-state index contributed by atoms with van der Waals surface area (Å²) in [7, 11) is 3.02. The van der Waals surface area contributed by atoms with Crippen LogP contribution in [0.1, 0.15) is 37.4 Å². The summed E-state index contributed by atoms with van der Waals surface area (Å²) in [6.07, 6.45) is 1.60. The Labute approximate surface area is 187 Å². The van der Waals surface area contributed by atoms with Gasteiger partial charge in [-0.1, -0.05) is 35.9 Å². The standard InChI is InChI=1S/C25H25N3O4/c1-16-9-10-17(2)19(13-16)15-26-28-25(30)20-7-5-6-8-21(20)27-24(29)18-11-12-22(31-3)23(14-18)32-4/h5-15H,1-4H3,(H,27,29)(H,28,30). The van der Waals surface area contributed by atoms with E-state index >= 15 is 0 Å². The van der Waals surface area contributed by atoms with Crippen LogP contribution in [-0.4, -0.2) is 32.2 Å². The molecule has 0 radical (unpaired) electrons. The second-order valence-electron chi connectivity index (χ2n) is 7.13. The molecule has 0 saturated carbocycles. The molecule has 0 aliphatic rings. The van der Waals surface area contributed by atoms with E-state index in [1.807, 2.05) is 32.0 Å². The van der Waals surface area contributed by atoms with Gasteiger partial charge in [0.25, 0.3) is 11.8 Å². The molecule has 3 aromatic rings. The van der Waals surface area contributed by atoms with Gasteiger partial charge >= 0.3 is 0 Å². The second kappa shape index (κ2) is 10.3. The molecule has 0 unspecified atom stereocenters. The number of benzene rings is 3. The van der Waals surface area contributed by atoms with Crippen molar-refractivity contribution < 1.29 is 19.1 Å². The minimum Gasteiger partial charge on any atom is -0.493 e. The minimum atomic E-state index is -0.435. The predicted octanol–water partition coefficient (Wildman–Crippen LogP) is 4.34. The van der Waals surface area contributed by atoms with Gasteiger partial charge < -0.3 is 14.8 Å². The van der Waals surface area contributed by atoms with Crippen molar-refractivity contribution in [1.82, 2.24) is 5.43 Å². The number of carbonyl (C=O) groups excluding carboxylic acids is 2. The van der Waals surface area contributed by atoms with Crippen molar-refractivity contribution in [3.63, 3.8) is 0 Å². The van der Waals surface area contributed by atoms with Crippen LogP contribution in [0.15, 0.2) is 65.8 Å². The van der Waals surface area contributed by atoms with Crippen molar-refractivity contribution >= 4 is 23.7 Å². The van der Waals surface area contributed by atoms with E-state index in [0.717, 1.165) is 16.7 Å². The highest BCUT2D eigenvalue weighted by atomic mass is 16.5. The number of carbonyl (C=O) groups is 2. The van der Waals surface area contributed by atoms with E-state index in [2.05, 4.69) is 15.8 Å². The van der Waals surface area contributed by atoms with Crippen molar-refractivity contribution in [1.29, 1.82) is 0 Å². The average Bonchev–Trinajstić information content (AvgIpc) is 2.81. The van der Waals surface area contributed by atoms with Gasteiger partial charge in [0.2, 0.25) is 0 Å². The monoisotopic (exact) mass is 431 g/mol. The zero-order valence-electron chi connectivity index (χ0n) is 18.4. The molecule has 2 amide bonds.